The van der Waals surface area contributed by atoms with E-state index in [1.54, 1.807) is 18.2 Å². The Balaban J connectivity index is 3.10. The molecule has 0 unspecified atom stereocenters. The summed E-state index contributed by atoms with van der Waals surface area (Å²) in [5.41, 5.74) is 3.43. The maximum absolute atomic E-state index is 10.5. The lowest BCUT2D eigenvalue weighted by Gasteiger charge is -1.96. The van der Waals surface area contributed by atoms with Crippen molar-refractivity contribution in [3.63, 3.8) is 0 Å². The van der Waals surface area contributed by atoms with Gasteiger partial charge in [0.25, 0.3) is 0 Å². The Kier molecular flexibility index (Phi) is 3.98. The minimum atomic E-state index is -1.00. The summed E-state index contributed by atoms with van der Waals surface area (Å²) in [6, 6.07) is 4.97. The predicted molar refractivity (Wildman–Crippen MR) is 61.3 cm³/mol. The first-order valence-electron chi connectivity index (χ1n) is 4.12. The molecule has 1 rings (SSSR count). The van der Waals surface area contributed by atoms with Crippen LogP contribution in [0.3, 0.4) is 0 Å². The second-order valence-electron chi connectivity index (χ2n) is 2.88. The fraction of sp³-hybridized carbons (Fsp3) is 0.0909. The maximum Gasteiger partial charge on any atom is 0.339 e. The van der Waals surface area contributed by atoms with Crippen molar-refractivity contribution in [3.8, 4) is 0 Å². The summed E-state index contributed by atoms with van der Waals surface area (Å²) in [7, 11) is 0. The molecule has 4 heteroatoms. The molecule has 2 nitrogen and oxygen atoms in total. The van der Waals surface area contributed by atoms with Gasteiger partial charge < -0.3 is 5.11 Å². The average molecular weight is 243 g/mol. The largest absolute Gasteiger partial charge is 0.477 e. The van der Waals surface area contributed by atoms with Crippen LogP contribution in [0.5, 0.6) is 0 Å². The lowest BCUT2D eigenvalue weighted by Crippen LogP contribution is -1.93. The van der Waals surface area contributed by atoms with Crippen LogP contribution in [0.4, 0.5) is 0 Å². The van der Waals surface area contributed by atoms with Crippen molar-refractivity contribution >= 4 is 35.2 Å². The van der Waals surface area contributed by atoms with Crippen LogP contribution in [0.15, 0.2) is 29.5 Å². The van der Waals surface area contributed by atoms with Crippen LogP contribution in [0.1, 0.15) is 12.5 Å². The van der Waals surface area contributed by atoms with Crippen LogP contribution in [-0.4, -0.2) is 11.1 Å². The first kappa shape index (κ1) is 11.9. The second kappa shape index (κ2) is 5.04. The van der Waals surface area contributed by atoms with E-state index in [9.17, 15) is 4.79 Å². The summed E-state index contributed by atoms with van der Waals surface area (Å²) in [5, 5.41) is 9.60. The van der Waals surface area contributed by atoms with E-state index >= 15 is 0 Å². The van der Waals surface area contributed by atoms with Crippen LogP contribution in [0, 0.1) is 0 Å². The zero-order chi connectivity index (χ0) is 11.4. The van der Waals surface area contributed by atoms with E-state index in [-0.39, 0.29) is 5.57 Å². The van der Waals surface area contributed by atoms with Crippen LogP contribution < -0.4 is 0 Å². The van der Waals surface area contributed by atoms with E-state index < -0.39 is 5.97 Å². The third-order valence-corrected chi connectivity index (χ3v) is 2.29. The van der Waals surface area contributed by atoms with Gasteiger partial charge in [-0.3, -0.25) is 0 Å². The monoisotopic (exact) mass is 242 g/mol. The van der Waals surface area contributed by atoms with Gasteiger partial charge in [-0.2, -0.15) is 0 Å². The first-order chi connectivity index (χ1) is 7.00. The zero-order valence-electron chi connectivity index (χ0n) is 7.92. The smallest absolute Gasteiger partial charge is 0.339 e. The highest BCUT2D eigenvalue weighted by Gasteiger charge is 1.99. The molecule has 0 aromatic heterocycles. The third-order valence-electron chi connectivity index (χ3n) is 1.73. The van der Waals surface area contributed by atoms with Gasteiger partial charge in [-0.1, -0.05) is 29.3 Å². The van der Waals surface area contributed by atoms with Crippen molar-refractivity contribution in [2.45, 2.75) is 6.92 Å². The molecular formula is C11H8Cl2O2. The van der Waals surface area contributed by atoms with Crippen molar-refractivity contribution < 1.29 is 9.90 Å². The van der Waals surface area contributed by atoms with Gasteiger partial charge in [-0.15, -0.1) is 5.73 Å². The van der Waals surface area contributed by atoms with E-state index in [0.717, 1.165) is 0 Å². The SMILES string of the molecule is CC(=C=Cc1ccc(Cl)cc1Cl)C(=O)O. The van der Waals surface area contributed by atoms with E-state index in [1.165, 1.54) is 13.0 Å². The number of benzene rings is 1. The Morgan fingerprint density at radius 1 is 1.47 bits per heavy atom. The molecule has 0 saturated heterocycles. The summed E-state index contributed by atoms with van der Waals surface area (Å²) in [5.74, 6) is -1.00. The van der Waals surface area contributed by atoms with Crippen molar-refractivity contribution in [1.29, 1.82) is 0 Å². The van der Waals surface area contributed by atoms with Crippen molar-refractivity contribution in [3.05, 3.63) is 45.1 Å². The molecule has 78 valence electrons. The molecule has 1 aromatic rings. The fourth-order valence-corrected chi connectivity index (χ4v) is 1.33. The molecule has 1 aromatic carbocycles. The average Bonchev–Trinajstić information content (AvgIpc) is 2.15. The van der Waals surface area contributed by atoms with Crippen molar-refractivity contribution in [2.24, 2.45) is 0 Å². The minimum Gasteiger partial charge on any atom is -0.477 e. The minimum absolute atomic E-state index is 0.126. The number of hydrogen-bond donors (Lipinski definition) is 1. The molecule has 0 bridgehead atoms. The Morgan fingerprint density at radius 2 is 2.13 bits per heavy atom. The van der Waals surface area contributed by atoms with E-state index in [4.69, 9.17) is 28.3 Å². The van der Waals surface area contributed by atoms with Gasteiger partial charge in [0.2, 0.25) is 0 Å². The molecule has 0 aliphatic carbocycles. The predicted octanol–water partition coefficient (Wildman–Crippen LogP) is 3.64. The Bertz CT molecular complexity index is 458. The zero-order valence-corrected chi connectivity index (χ0v) is 9.43. The van der Waals surface area contributed by atoms with Gasteiger partial charge in [-0.25, -0.2) is 4.79 Å². The van der Waals surface area contributed by atoms with E-state index in [2.05, 4.69) is 5.73 Å². The van der Waals surface area contributed by atoms with Crippen LogP contribution in [0.25, 0.3) is 6.08 Å². The number of carboxylic acids is 1. The van der Waals surface area contributed by atoms with Gasteiger partial charge in [-0.05, 0) is 25.1 Å². The third kappa shape index (κ3) is 3.45. The van der Waals surface area contributed by atoms with Gasteiger partial charge in [0.05, 0.1) is 5.57 Å². The molecule has 0 amide bonds. The highest BCUT2D eigenvalue weighted by Crippen LogP contribution is 2.21. The lowest BCUT2D eigenvalue weighted by molar-refractivity contribution is -0.132. The summed E-state index contributed by atoms with van der Waals surface area (Å²) in [6.07, 6.45) is 1.52. The summed E-state index contributed by atoms with van der Waals surface area (Å²) < 4.78 is 0. The Morgan fingerprint density at radius 3 is 2.67 bits per heavy atom. The van der Waals surface area contributed by atoms with E-state index in [0.29, 0.717) is 15.6 Å². The van der Waals surface area contributed by atoms with Crippen LogP contribution >= 0.6 is 23.2 Å². The van der Waals surface area contributed by atoms with Gasteiger partial charge in [0, 0.05) is 15.6 Å². The van der Waals surface area contributed by atoms with Gasteiger partial charge in [0.15, 0.2) is 0 Å². The number of aliphatic carboxylic acids is 1. The molecule has 15 heavy (non-hydrogen) atoms. The molecule has 0 aliphatic rings. The maximum atomic E-state index is 10.5. The molecule has 1 N–H and O–H groups in total. The second-order valence-corrected chi connectivity index (χ2v) is 3.73. The molecular weight excluding hydrogens is 235 g/mol. The molecule has 0 fully saturated rings. The number of rotatable bonds is 2. The Hall–Kier alpha value is -1.21. The van der Waals surface area contributed by atoms with Gasteiger partial charge >= 0.3 is 5.97 Å². The van der Waals surface area contributed by atoms with E-state index in [1.807, 2.05) is 0 Å². The number of carbonyl (C=O) groups is 1. The highest BCUT2D eigenvalue weighted by atomic mass is 35.5. The number of hydrogen-bond acceptors (Lipinski definition) is 1. The molecule has 0 spiro atoms. The standard InChI is InChI=1S/C11H8Cl2O2/c1-7(11(14)15)2-3-8-4-5-9(12)6-10(8)13/h3-6H,1H3,(H,14,15). The van der Waals surface area contributed by atoms with Crippen molar-refractivity contribution in [1.82, 2.24) is 0 Å². The molecule has 0 aliphatic heterocycles. The van der Waals surface area contributed by atoms with Crippen LogP contribution in [0.2, 0.25) is 10.0 Å². The number of halogens is 2. The summed E-state index contributed by atoms with van der Waals surface area (Å²) in [4.78, 5) is 10.5. The highest BCUT2D eigenvalue weighted by molar-refractivity contribution is 6.35. The lowest BCUT2D eigenvalue weighted by atomic mass is 10.2. The molecule has 0 saturated carbocycles. The fourth-order valence-electron chi connectivity index (χ4n) is 0.866. The molecule has 0 radical (unpaired) electrons. The Labute approximate surface area is 97.4 Å². The topological polar surface area (TPSA) is 37.3 Å². The number of carboxylic acid groups (broad SMARTS) is 1. The van der Waals surface area contributed by atoms with Gasteiger partial charge in [0.1, 0.15) is 0 Å². The summed E-state index contributed by atoms with van der Waals surface area (Å²) in [6.45, 7) is 1.46. The summed E-state index contributed by atoms with van der Waals surface area (Å²) >= 11 is 11.6. The van der Waals surface area contributed by atoms with Crippen LogP contribution in [-0.2, 0) is 4.79 Å². The normalized spacial score (nSPS) is 9.27. The quantitative estimate of drug-likeness (QED) is 0.636. The van der Waals surface area contributed by atoms with Crippen molar-refractivity contribution in [2.75, 3.05) is 0 Å². The molecule has 0 atom stereocenters. The first-order valence-corrected chi connectivity index (χ1v) is 4.88. The molecule has 0 heterocycles.